The second-order valence-electron chi connectivity index (χ2n) is 4.71. The summed E-state index contributed by atoms with van der Waals surface area (Å²) in [4.78, 5) is 4.59. The lowest BCUT2D eigenvalue weighted by molar-refractivity contribution is 0.174. The van der Waals surface area contributed by atoms with Crippen LogP contribution in [-0.2, 0) is 0 Å². The number of nitrogens with zero attached hydrogens (tertiary/aromatic N) is 3. The largest absolute Gasteiger partial charge is 0.454 e. The van der Waals surface area contributed by atoms with Crippen molar-refractivity contribution in [3.8, 4) is 27.9 Å². The third-order valence-corrected chi connectivity index (χ3v) is 4.02. The Labute approximate surface area is 124 Å². The highest BCUT2D eigenvalue weighted by Crippen LogP contribution is 2.36. The second kappa shape index (κ2) is 4.49. The summed E-state index contributed by atoms with van der Waals surface area (Å²) in [5.74, 6) is 2.09. The monoisotopic (exact) mass is 300 g/mol. The van der Waals surface area contributed by atoms with Gasteiger partial charge in [-0.25, -0.2) is 4.98 Å². The number of rotatable bonds is 2. The Morgan fingerprint density at radius 2 is 2.10 bits per heavy atom. The van der Waals surface area contributed by atoms with Gasteiger partial charge >= 0.3 is 0 Å². The van der Waals surface area contributed by atoms with E-state index in [-0.39, 0.29) is 6.79 Å². The minimum atomic E-state index is 0.268. The molecule has 3 aromatic rings. The van der Waals surface area contributed by atoms with Crippen LogP contribution in [0, 0.1) is 6.92 Å². The number of ether oxygens (including phenoxy) is 2. The summed E-state index contributed by atoms with van der Waals surface area (Å²) in [5, 5.41) is 7.06. The Hall–Kier alpha value is -2.54. The maximum atomic E-state index is 5.93. The van der Waals surface area contributed by atoms with Crippen LogP contribution in [0.4, 0.5) is 5.82 Å². The number of aromatic nitrogens is 3. The smallest absolute Gasteiger partial charge is 0.231 e. The molecule has 3 heterocycles. The number of anilines is 1. The molecule has 0 spiro atoms. The molecule has 0 atom stereocenters. The van der Waals surface area contributed by atoms with Crippen molar-refractivity contribution in [3.05, 3.63) is 35.3 Å². The summed E-state index contributed by atoms with van der Waals surface area (Å²) in [7, 11) is 0. The molecule has 0 unspecified atom stereocenters. The minimum absolute atomic E-state index is 0.268. The van der Waals surface area contributed by atoms with E-state index in [1.807, 2.05) is 36.6 Å². The molecule has 0 fully saturated rings. The standard InChI is InChI=1S/C14H12N4O2S/c1-8-4-13(15)18(17-8)14-16-10(6-21-14)9-2-3-11-12(5-9)20-7-19-11/h2-6H,7,15H2,1H3. The topological polar surface area (TPSA) is 75.2 Å². The lowest BCUT2D eigenvalue weighted by atomic mass is 10.1. The van der Waals surface area contributed by atoms with Gasteiger partial charge in [0.2, 0.25) is 11.9 Å². The molecule has 0 saturated carbocycles. The molecule has 1 aliphatic rings. The highest BCUT2D eigenvalue weighted by Gasteiger charge is 2.16. The Kier molecular flexibility index (Phi) is 2.61. The molecule has 4 rings (SSSR count). The van der Waals surface area contributed by atoms with E-state index in [9.17, 15) is 0 Å². The SMILES string of the molecule is Cc1cc(N)n(-c2nc(-c3ccc4c(c3)OCO4)cs2)n1. The lowest BCUT2D eigenvalue weighted by Gasteiger charge is -2.00. The molecule has 106 valence electrons. The van der Waals surface area contributed by atoms with Crippen molar-refractivity contribution in [2.45, 2.75) is 6.92 Å². The van der Waals surface area contributed by atoms with Gasteiger partial charge < -0.3 is 15.2 Å². The third-order valence-electron chi connectivity index (χ3n) is 3.20. The quantitative estimate of drug-likeness (QED) is 0.787. The van der Waals surface area contributed by atoms with Gasteiger partial charge in [0.15, 0.2) is 11.5 Å². The van der Waals surface area contributed by atoms with Gasteiger partial charge in [-0.2, -0.15) is 9.78 Å². The maximum Gasteiger partial charge on any atom is 0.231 e. The van der Waals surface area contributed by atoms with Crippen LogP contribution < -0.4 is 15.2 Å². The number of hydrogen-bond acceptors (Lipinski definition) is 6. The first-order valence-electron chi connectivity index (χ1n) is 6.39. The number of nitrogen functional groups attached to an aromatic ring is 1. The maximum absolute atomic E-state index is 5.93. The van der Waals surface area contributed by atoms with Crippen LogP contribution in [0.2, 0.25) is 0 Å². The van der Waals surface area contributed by atoms with Crippen molar-refractivity contribution in [2.24, 2.45) is 0 Å². The van der Waals surface area contributed by atoms with Crippen molar-refractivity contribution >= 4 is 17.2 Å². The van der Waals surface area contributed by atoms with Crippen LogP contribution in [0.5, 0.6) is 11.5 Å². The van der Waals surface area contributed by atoms with Gasteiger partial charge in [0.1, 0.15) is 5.82 Å². The molecule has 0 saturated heterocycles. The number of benzene rings is 1. The molecule has 0 bridgehead atoms. The van der Waals surface area contributed by atoms with Gasteiger partial charge in [-0.3, -0.25) is 0 Å². The number of nitrogens with two attached hydrogens (primary N) is 1. The molecule has 0 aliphatic carbocycles. The predicted molar refractivity (Wildman–Crippen MR) is 79.9 cm³/mol. The van der Waals surface area contributed by atoms with Crippen LogP contribution in [0.3, 0.4) is 0 Å². The Morgan fingerprint density at radius 3 is 2.90 bits per heavy atom. The van der Waals surface area contributed by atoms with Crippen LogP contribution in [0.25, 0.3) is 16.4 Å². The minimum Gasteiger partial charge on any atom is -0.454 e. The van der Waals surface area contributed by atoms with E-state index in [0.29, 0.717) is 5.82 Å². The molecule has 0 amide bonds. The van der Waals surface area contributed by atoms with Gasteiger partial charge in [0.25, 0.3) is 0 Å². The van der Waals surface area contributed by atoms with Crippen LogP contribution in [0.15, 0.2) is 29.6 Å². The Balaban J connectivity index is 1.73. The number of hydrogen-bond donors (Lipinski definition) is 1. The molecular formula is C14H12N4O2S. The summed E-state index contributed by atoms with van der Waals surface area (Å²) in [6.07, 6.45) is 0. The summed E-state index contributed by atoms with van der Waals surface area (Å²) in [6, 6.07) is 7.60. The molecule has 2 aromatic heterocycles. The average Bonchev–Trinajstić information content (AvgIpc) is 3.17. The van der Waals surface area contributed by atoms with Crippen LogP contribution in [-0.4, -0.2) is 21.6 Å². The molecular weight excluding hydrogens is 288 g/mol. The molecule has 21 heavy (non-hydrogen) atoms. The number of fused-ring (bicyclic) bond motifs is 1. The lowest BCUT2D eigenvalue weighted by Crippen LogP contribution is -2.01. The van der Waals surface area contributed by atoms with Crippen molar-refractivity contribution in [1.29, 1.82) is 0 Å². The van der Waals surface area contributed by atoms with Gasteiger partial charge in [-0.1, -0.05) is 0 Å². The molecule has 1 aromatic carbocycles. The van der Waals surface area contributed by atoms with E-state index in [1.165, 1.54) is 11.3 Å². The van der Waals surface area contributed by atoms with Gasteiger partial charge in [0.05, 0.1) is 11.4 Å². The summed E-state index contributed by atoms with van der Waals surface area (Å²) < 4.78 is 12.4. The fraction of sp³-hybridized carbons (Fsp3) is 0.143. The summed E-state index contributed by atoms with van der Waals surface area (Å²) in [6.45, 7) is 2.17. The van der Waals surface area contributed by atoms with Gasteiger partial charge in [0, 0.05) is 17.0 Å². The number of thiazole rings is 1. The van der Waals surface area contributed by atoms with Crippen LogP contribution in [0.1, 0.15) is 5.69 Å². The Morgan fingerprint density at radius 1 is 1.24 bits per heavy atom. The molecule has 0 radical (unpaired) electrons. The summed E-state index contributed by atoms with van der Waals surface area (Å²) in [5.41, 5.74) is 8.63. The Bertz CT molecular complexity index is 824. The van der Waals surface area contributed by atoms with Crippen molar-refractivity contribution in [3.63, 3.8) is 0 Å². The second-order valence-corrected chi connectivity index (χ2v) is 5.54. The van der Waals surface area contributed by atoms with Crippen molar-refractivity contribution in [1.82, 2.24) is 14.8 Å². The van der Waals surface area contributed by atoms with E-state index in [4.69, 9.17) is 15.2 Å². The zero-order chi connectivity index (χ0) is 14.4. The first-order chi connectivity index (χ1) is 10.2. The zero-order valence-electron chi connectivity index (χ0n) is 11.2. The molecule has 6 nitrogen and oxygen atoms in total. The summed E-state index contributed by atoms with van der Waals surface area (Å²) >= 11 is 1.50. The highest BCUT2D eigenvalue weighted by atomic mass is 32.1. The van der Waals surface area contributed by atoms with E-state index in [2.05, 4.69) is 10.1 Å². The predicted octanol–water partition coefficient (Wildman–Crippen LogP) is 2.62. The molecule has 1 aliphatic heterocycles. The molecule has 7 heteroatoms. The van der Waals surface area contributed by atoms with Crippen LogP contribution >= 0.6 is 11.3 Å². The number of aryl methyl sites for hydroxylation is 1. The zero-order valence-corrected chi connectivity index (χ0v) is 12.1. The van der Waals surface area contributed by atoms with E-state index in [0.717, 1.165) is 33.6 Å². The normalized spacial score (nSPS) is 12.8. The van der Waals surface area contributed by atoms with Gasteiger partial charge in [-0.05, 0) is 25.1 Å². The van der Waals surface area contributed by atoms with Crippen molar-refractivity contribution in [2.75, 3.05) is 12.5 Å². The average molecular weight is 300 g/mol. The first-order valence-corrected chi connectivity index (χ1v) is 7.27. The molecule has 2 N–H and O–H groups in total. The fourth-order valence-electron chi connectivity index (χ4n) is 2.22. The van der Waals surface area contributed by atoms with E-state index in [1.54, 1.807) is 4.68 Å². The fourth-order valence-corrected chi connectivity index (χ4v) is 3.03. The van der Waals surface area contributed by atoms with E-state index < -0.39 is 0 Å². The first kappa shape index (κ1) is 12.2. The van der Waals surface area contributed by atoms with E-state index >= 15 is 0 Å². The van der Waals surface area contributed by atoms with Gasteiger partial charge in [-0.15, -0.1) is 11.3 Å². The third kappa shape index (κ3) is 2.02. The highest BCUT2D eigenvalue weighted by molar-refractivity contribution is 7.12. The van der Waals surface area contributed by atoms with Crippen molar-refractivity contribution < 1.29 is 9.47 Å².